The van der Waals surface area contributed by atoms with E-state index >= 15 is 0 Å². The predicted molar refractivity (Wildman–Crippen MR) is 89.4 cm³/mol. The highest BCUT2D eigenvalue weighted by Gasteiger charge is 2.30. The van der Waals surface area contributed by atoms with E-state index in [1.54, 1.807) is 11.3 Å². The molecule has 1 fully saturated rings. The quantitative estimate of drug-likeness (QED) is 0.850. The molecule has 1 amide bonds. The molecule has 1 unspecified atom stereocenters. The van der Waals surface area contributed by atoms with Gasteiger partial charge in [-0.25, -0.2) is 0 Å². The van der Waals surface area contributed by atoms with Crippen molar-refractivity contribution in [2.45, 2.75) is 32.7 Å². The first-order chi connectivity index (χ1) is 10.6. The minimum absolute atomic E-state index is 0.0804. The van der Waals surface area contributed by atoms with Crippen LogP contribution in [-0.2, 0) is 4.79 Å². The summed E-state index contributed by atoms with van der Waals surface area (Å²) >= 11 is 1.73. The van der Waals surface area contributed by atoms with Gasteiger partial charge in [0.2, 0.25) is 0 Å². The Morgan fingerprint density at radius 3 is 3.00 bits per heavy atom. The highest BCUT2D eigenvalue weighted by Crippen LogP contribution is 2.34. The maximum atomic E-state index is 12.5. The smallest absolute Gasteiger partial charge is 0.261 e. The Hall–Kier alpha value is -1.81. The molecule has 0 N–H and O–H groups in total. The summed E-state index contributed by atoms with van der Waals surface area (Å²) in [5, 5.41) is 2.07. The maximum Gasteiger partial charge on any atom is 0.261 e. The average molecular weight is 315 g/mol. The molecular weight excluding hydrogens is 294 g/mol. The monoisotopic (exact) mass is 315 g/mol. The van der Waals surface area contributed by atoms with Crippen molar-refractivity contribution in [3.63, 3.8) is 0 Å². The molecule has 3 nitrogen and oxygen atoms in total. The van der Waals surface area contributed by atoms with Crippen LogP contribution < -0.4 is 4.74 Å². The molecule has 0 saturated carbocycles. The van der Waals surface area contributed by atoms with Crippen LogP contribution in [-0.4, -0.2) is 24.0 Å². The second-order valence-electron chi connectivity index (χ2n) is 5.82. The lowest BCUT2D eigenvalue weighted by Gasteiger charge is -2.24. The van der Waals surface area contributed by atoms with E-state index in [9.17, 15) is 4.79 Å². The largest absolute Gasteiger partial charge is 0.483 e. The Bertz CT molecular complexity index is 651. The van der Waals surface area contributed by atoms with Crippen molar-refractivity contribution in [3.05, 3.63) is 51.7 Å². The molecule has 22 heavy (non-hydrogen) atoms. The van der Waals surface area contributed by atoms with Gasteiger partial charge in [-0.2, -0.15) is 0 Å². The van der Waals surface area contributed by atoms with Crippen LogP contribution in [0.2, 0.25) is 0 Å². The number of amides is 1. The van der Waals surface area contributed by atoms with Gasteiger partial charge in [-0.15, -0.1) is 11.3 Å². The van der Waals surface area contributed by atoms with Crippen LogP contribution in [0.5, 0.6) is 5.75 Å². The van der Waals surface area contributed by atoms with E-state index in [4.69, 9.17) is 4.74 Å². The number of ether oxygens (including phenoxy) is 1. The van der Waals surface area contributed by atoms with Crippen LogP contribution >= 0.6 is 11.3 Å². The van der Waals surface area contributed by atoms with Crippen molar-refractivity contribution >= 4 is 17.2 Å². The molecule has 0 radical (unpaired) electrons. The normalized spacial score (nSPS) is 17.7. The van der Waals surface area contributed by atoms with Gasteiger partial charge in [-0.1, -0.05) is 18.2 Å². The van der Waals surface area contributed by atoms with E-state index in [1.165, 1.54) is 4.88 Å². The number of likely N-dealkylation sites (tertiary alicyclic amines) is 1. The van der Waals surface area contributed by atoms with Gasteiger partial charge < -0.3 is 9.64 Å². The Morgan fingerprint density at radius 2 is 2.23 bits per heavy atom. The Morgan fingerprint density at radius 1 is 1.36 bits per heavy atom. The number of hydrogen-bond donors (Lipinski definition) is 0. The van der Waals surface area contributed by atoms with Gasteiger partial charge in [0.25, 0.3) is 5.91 Å². The zero-order valence-electron chi connectivity index (χ0n) is 13.0. The zero-order valence-corrected chi connectivity index (χ0v) is 13.9. The molecule has 2 aromatic rings. The second kappa shape index (κ2) is 6.53. The lowest BCUT2D eigenvalue weighted by Crippen LogP contribution is -2.34. The summed E-state index contributed by atoms with van der Waals surface area (Å²) in [6.45, 7) is 4.98. The molecule has 3 rings (SSSR count). The third-order valence-corrected chi connectivity index (χ3v) is 5.11. The first-order valence-corrected chi connectivity index (χ1v) is 8.56. The first kappa shape index (κ1) is 15.1. The SMILES string of the molecule is Cc1ccc(C)c(OCC(=O)N2CCCC2c2cccs2)c1. The van der Waals surface area contributed by atoms with Gasteiger partial charge in [0.05, 0.1) is 6.04 Å². The zero-order chi connectivity index (χ0) is 15.5. The number of nitrogens with zero attached hydrogens (tertiary/aromatic N) is 1. The highest BCUT2D eigenvalue weighted by molar-refractivity contribution is 7.10. The number of rotatable bonds is 4. The molecule has 1 aromatic carbocycles. The number of aryl methyl sites for hydroxylation is 2. The molecule has 0 spiro atoms. The average Bonchev–Trinajstić information content (AvgIpc) is 3.17. The molecule has 0 aliphatic carbocycles. The van der Waals surface area contributed by atoms with Crippen LogP contribution in [0, 0.1) is 13.8 Å². The summed E-state index contributed by atoms with van der Waals surface area (Å²) < 4.78 is 5.77. The predicted octanol–water partition coefficient (Wildman–Crippen LogP) is 4.11. The van der Waals surface area contributed by atoms with Gasteiger partial charge in [-0.3, -0.25) is 4.79 Å². The van der Waals surface area contributed by atoms with Crippen molar-refractivity contribution in [1.29, 1.82) is 0 Å². The number of benzene rings is 1. The second-order valence-corrected chi connectivity index (χ2v) is 6.80. The topological polar surface area (TPSA) is 29.5 Å². The fraction of sp³-hybridized carbons (Fsp3) is 0.389. The fourth-order valence-corrected chi connectivity index (χ4v) is 3.80. The summed E-state index contributed by atoms with van der Waals surface area (Å²) in [7, 11) is 0. The lowest BCUT2D eigenvalue weighted by atomic mass is 10.1. The summed E-state index contributed by atoms with van der Waals surface area (Å²) in [6, 6.07) is 10.5. The fourth-order valence-electron chi connectivity index (χ4n) is 2.93. The Kier molecular flexibility index (Phi) is 4.48. The van der Waals surface area contributed by atoms with E-state index in [0.29, 0.717) is 0 Å². The standard InChI is InChI=1S/C18H21NO2S/c1-13-7-8-14(2)16(11-13)21-12-18(20)19-9-3-5-15(19)17-6-4-10-22-17/h4,6-8,10-11,15H,3,5,9,12H2,1-2H3. The molecule has 1 aromatic heterocycles. The van der Waals surface area contributed by atoms with E-state index < -0.39 is 0 Å². The summed E-state index contributed by atoms with van der Waals surface area (Å²) in [5.41, 5.74) is 2.21. The third-order valence-electron chi connectivity index (χ3n) is 4.14. The van der Waals surface area contributed by atoms with Crippen molar-refractivity contribution in [1.82, 2.24) is 4.90 Å². The Labute approximate surface area is 135 Å². The van der Waals surface area contributed by atoms with E-state index in [0.717, 1.165) is 36.3 Å². The van der Waals surface area contributed by atoms with Gasteiger partial charge in [0, 0.05) is 11.4 Å². The summed E-state index contributed by atoms with van der Waals surface area (Å²) in [4.78, 5) is 15.8. The number of carbonyl (C=O) groups excluding carboxylic acids is 1. The lowest BCUT2D eigenvalue weighted by molar-refractivity contribution is -0.134. The van der Waals surface area contributed by atoms with Gasteiger partial charge in [0.15, 0.2) is 6.61 Å². The molecule has 116 valence electrons. The summed E-state index contributed by atoms with van der Waals surface area (Å²) in [6.07, 6.45) is 2.12. The van der Waals surface area contributed by atoms with Crippen molar-refractivity contribution < 1.29 is 9.53 Å². The minimum Gasteiger partial charge on any atom is -0.483 e. The van der Waals surface area contributed by atoms with E-state index in [-0.39, 0.29) is 18.6 Å². The number of carbonyl (C=O) groups is 1. The Balaban J connectivity index is 1.65. The van der Waals surface area contributed by atoms with E-state index in [2.05, 4.69) is 17.5 Å². The van der Waals surface area contributed by atoms with Crippen molar-refractivity contribution in [2.24, 2.45) is 0 Å². The molecule has 4 heteroatoms. The van der Waals surface area contributed by atoms with Gasteiger partial charge >= 0.3 is 0 Å². The molecular formula is C18H21NO2S. The summed E-state index contributed by atoms with van der Waals surface area (Å²) in [5.74, 6) is 0.886. The molecule has 0 bridgehead atoms. The molecule has 2 heterocycles. The third kappa shape index (κ3) is 3.17. The number of hydrogen-bond acceptors (Lipinski definition) is 3. The van der Waals surface area contributed by atoms with Crippen LogP contribution in [0.4, 0.5) is 0 Å². The molecule has 1 saturated heterocycles. The first-order valence-electron chi connectivity index (χ1n) is 7.68. The minimum atomic E-state index is 0.0804. The van der Waals surface area contributed by atoms with Crippen LogP contribution in [0.3, 0.4) is 0 Å². The van der Waals surface area contributed by atoms with Crippen LogP contribution in [0.1, 0.15) is 34.9 Å². The number of thiophene rings is 1. The van der Waals surface area contributed by atoms with Crippen LogP contribution in [0.15, 0.2) is 35.7 Å². The van der Waals surface area contributed by atoms with E-state index in [1.807, 2.05) is 36.9 Å². The molecule has 1 aliphatic rings. The highest BCUT2D eigenvalue weighted by atomic mass is 32.1. The molecule has 1 atom stereocenters. The maximum absolute atomic E-state index is 12.5. The van der Waals surface area contributed by atoms with Crippen LogP contribution in [0.25, 0.3) is 0 Å². The van der Waals surface area contributed by atoms with Gasteiger partial charge in [-0.05, 0) is 55.3 Å². The van der Waals surface area contributed by atoms with Crippen molar-refractivity contribution in [2.75, 3.05) is 13.2 Å². The van der Waals surface area contributed by atoms with Crippen molar-refractivity contribution in [3.8, 4) is 5.75 Å². The molecule has 1 aliphatic heterocycles. The van der Waals surface area contributed by atoms with Gasteiger partial charge in [0.1, 0.15) is 5.75 Å².